The monoisotopic (exact) mass is 385 g/mol. The van der Waals surface area contributed by atoms with Gasteiger partial charge in [0.2, 0.25) is 5.91 Å². The van der Waals surface area contributed by atoms with Crippen LogP contribution in [0.4, 0.5) is 5.00 Å². The highest BCUT2D eigenvalue weighted by Gasteiger charge is 2.30. The van der Waals surface area contributed by atoms with Gasteiger partial charge in [0.1, 0.15) is 11.5 Å². The maximum atomic E-state index is 12.5. The highest BCUT2D eigenvalue weighted by atomic mass is 32.1. The number of benzene rings is 1. The molecule has 0 saturated heterocycles. The Morgan fingerprint density at radius 3 is 2.74 bits per heavy atom. The smallest absolute Gasteiger partial charge is 0.341 e. The Morgan fingerprint density at radius 2 is 2.04 bits per heavy atom. The first-order chi connectivity index (χ1) is 13.1. The molecule has 2 heterocycles. The third-order valence-electron chi connectivity index (χ3n) is 4.67. The van der Waals surface area contributed by atoms with Gasteiger partial charge in [-0.15, -0.1) is 11.3 Å². The normalized spacial score (nSPS) is 16.1. The molecule has 0 spiro atoms. The zero-order chi connectivity index (χ0) is 19.2. The molecular weight excluding hydrogens is 360 g/mol. The first-order valence-corrected chi connectivity index (χ1v) is 10.1. The number of anilines is 1. The van der Waals surface area contributed by atoms with Gasteiger partial charge in [-0.05, 0) is 31.1 Å². The number of thiophene rings is 1. The first-order valence-electron chi connectivity index (χ1n) is 9.31. The molecule has 0 fully saturated rings. The quantitative estimate of drug-likeness (QED) is 0.593. The second kappa shape index (κ2) is 8.97. The van der Waals surface area contributed by atoms with E-state index in [4.69, 9.17) is 4.74 Å². The summed E-state index contributed by atoms with van der Waals surface area (Å²) in [5, 5.41) is 3.49. The number of carbonyl (C=O) groups is 2. The molecule has 2 aromatic rings. The maximum Gasteiger partial charge on any atom is 0.341 e. The number of rotatable bonds is 6. The number of nitrogens with one attached hydrogen (secondary N) is 2. The van der Waals surface area contributed by atoms with Crippen molar-refractivity contribution in [1.29, 1.82) is 0 Å². The third kappa shape index (κ3) is 4.64. The van der Waals surface area contributed by atoms with Gasteiger partial charge in [-0.25, -0.2) is 4.79 Å². The van der Waals surface area contributed by atoms with Gasteiger partial charge >= 0.3 is 5.97 Å². The molecule has 0 radical (unpaired) electrons. The van der Waals surface area contributed by atoms with Crippen molar-refractivity contribution in [3.63, 3.8) is 0 Å². The van der Waals surface area contributed by atoms with Crippen LogP contribution in [0.1, 0.15) is 40.2 Å². The van der Waals surface area contributed by atoms with E-state index in [2.05, 4.69) is 12.2 Å². The van der Waals surface area contributed by atoms with Crippen molar-refractivity contribution in [2.24, 2.45) is 0 Å². The Morgan fingerprint density at radius 1 is 1.26 bits per heavy atom. The second-order valence-corrected chi connectivity index (χ2v) is 7.55. The van der Waals surface area contributed by atoms with E-state index in [9.17, 15) is 9.59 Å². The van der Waals surface area contributed by atoms with E-state index in [0.29, 0.717) is 17.2 Å². The molecule has 0 bridgehead atoms. The Balaban J connectivity index is 1.83. The molecule has 5 nitrogen and oxygen atoms in total. The van der Waals surface area contributed by atoms with Crippen molar-refractivity contribution in [3.05, 3.63) is 58.0 Å². The molecule has 0 aliphatic carbocycles. The fourth-order valence-corrected chi connectivity index (χ4v) is 4.55. The summed E-state index contributed by atoms with van der Waals surface area (Å²) in [6, 6.07) is 9.64. The van der Waals surface area contributed by atoms with E-state index < -0.39 is 0 Å². The number of hydrogen-bond acceptors (Lipinski definition) is 4. The highest BCUT2D eigenvalue weighted by Crippen LogP contribution is 2.35. The van der Waals surface area contributed by atoms with Gasteiger partial charge in [-0.1, -0.05) is 30.3 Å². The van der Waals surface area contributed by atoms with Crippen molar-refractivity contribution in [1.82, 2.24) is 0 Å². The molecule has 0 saturated carbocycles. The number of quaternary nitrogens is 1. The molecular formula is C21H25N2O3S+. The van der Waals surface area contributed by atoms with Gasteiger partial charge in [0.15, 0.2) is 0 Å². The van der Waals surface area contributed by atoms with E-state index in [1.807, 2.05) is 30.3 Å². The van der Waals surface area contributed by atoms with E-state index in [-0.39, 0.29) is 11.9 Å². The minimum atomic E-state index is -0.350. The largest absolute Gasteiger partial charge is 0.462 e. The number of amides is 1. The van der Waals surface area contributed by atoms with E-state index in [0.717, 1.165) is 37.2 Å². The van der Waals surface area contributed by atoms with Crippen LogP contribution in [0.5, 0.6) is 0 Å². The van der Waals surface area contributed by atoms with Crippen molar-refractivity contribution in [2.45, 2.75) is 26.8 Å². The Labute approximate surface area is 163 Å². The summed E-state index contributed by atoms with van der Waals surface area (Å²) in [5.41, 5.74) is 2.53. The Bertz CT molecular complexity index is 843. The van der Waals surface area contributed by atoms with Crippen LogP contribution in [0.15, 0.2) is 36.4 Å². The fourth-order valence-electron chi connectivity index (χ4n) is 3.24. The molecule has 1 unspecified atom stereocenters. The molecule has 1 aliphatic heterocycles. The summed E-state index contributed by atoms with van der Waals surface area (Å²) in [7, 11) is 0. The predicted molar refractivity (Wildman–Crippen MR) is 108 cm³/mol. The van der Waals surface area contributed by atoms with Crippen LogP contribution in [0.2, 0.25) is 0 Å². The molecule has 1 amide bonds. The average Bonchev–Trinajstić information content (AvgIpc) is 3.04. The van der Waals surface area contributed by atoms with Gasteiger partial charge < -0.3 is 15.0 Å². The van der Waals surface area contributed by atoms with Crippen LogP contribution in [-0.4, -0.2) is 31.6 Å². The lowest BCUT2D eigenvalue weighted by Crippen LogP contribution is -3.11. The zero-order valence-electron chi connectivity index (χ0n) is 15.7. The number of likely N-dealkylation sites (N-methyl/N-ethyl adjacent to an activating group) is 1. The molecule has 1 aromatic heterocycles. The van der Waals surface area contributed by atoms with Crippen LogP contribution in [0, 0.1) is 0 Å². The molecule has 3 rings (SSSR count). The fraction of sp³-hybridized carbons (Fsp3) is 0.333. The van der Waals surface area contributed by atoms with Gasteiger partial charge in [0.25, 0.3) is 0 Å². The lowest BCUT2D eigenvalue weighted by Gasteiger charge is -2.22. The van der Waals surface area contributed by atoms with Crippen LogP contribution in [-0.2, 0) is 22.5 Å². The molecule has 6 heteroatoms. The summed E-state index contributed by atoms with van der Waals surface area (Å²) in [5.74, 6) is -0.597. The standard InChI is InChI=1S/C21H24N2O3S/c1-3-23-13-12-16-17(14-23)27-20(19(16)21(25)26-4-2)22-18(24)11-10-15-8-6-5-7-9-15/h5-11H,3-4,12-14H2,1-2H3,(H,22,24)/p+1. The second-order valence-electron chi connectivity index (χ2n) is 6.44. The first kappa shape index (κ1) is 19.3. The van der Waals surface area contributed by atoms with Crippen LogP contribution in [0.3, 0.4) is 0 Å². The minimum absolute atomic E-state index is 0.248. The topological polar surface area (TPSA) is 59.8 Å². The van der Waals surface area contributed by atoms with Gasteiger partial charge in [0, 0.05) is 12.5 Å². The van der Waals surface area contributed by atoms with E-state index in [1.165, 1.54) is 27.2 Å². The number of hydrogen-bond donors (Lipinski definition) is 2. The summed E-state index contributed by atoms with van der Waals surface area (Å²) < 4.78 is 5.25. The van der Waals surface area contributed by atoms with Crippen molar-refractivity contribution < 1.29 is 19.2 Å². The molecule has 142 valence electrons. The van der Waals surface area contributed by atoms with Crippen LogP contribution in [0.25, 0.3) is 6.08 Å². The minimum Gasteiger partial charge on any atom is -0.462 e. The predicted octanol–water partition coefficient (Wildman–Crippen LogP) is 2.54. The van der Waals surface area contributed by atoms with Gasteiger partial charge in [-0.3, -0.25) is 4.79 Å². The molecule has 1 atom stereocenters. The van der Waals surface area contributed by atoms with Crippen molar-refractivity contribution >= 4 is 34.3 Å². The summed E-state index contributed by atoms with van der Waals surface area (Å²) >= 11 is 1.50. The van der Waals surface area contributed by atoms with E-state index >= 15 is 0 Å². The third-order valence-corrected chi connectivity index (χ3v) is 5.82. The Kier molecular flexibility index (Phi) is 6.42. The SMILES string of the molecule is CCOC(=O)c1c(NC(=O)C=Cc2ccccc2)sc2c1CC[NH+](CC)C2. The average molecular weight is 386 g/mol. The van der Waals surface area contributed by atoms with E-state index in [1.54, 1.807) is 13.0 Å². The lowest BCUT2D eigenvalue weighted by atomic mass is 10.0. The number of ether oxygens (including phenoxy) is 1. The highest BCUT2D eigenvalue weighted by molar-refractivity contribution is 7.17. The van der Waals surface area contributed by atoms with Crippen molar-refractivity contribution in [2.75, 3.05) is 25.0 Å². The molecule has 27 heavy (non-hydrogen) atoms. The summed E-state index contributed by atoms with van der Waals surface area (Å²) in [4.78, 5) is 27.6. The molecule has 2 N–H and O–H groups in total. The van der Waals surface area contributed by atoms with Crippen LogP contribution >= 0.6 is 11.3 Å². The number of carbonyl (C=O) groups excluding carboxylic acids is 2. The molecule has 1 aromatic carbocycles. The Hall–Kier alpha value is -2.44. The summed E-state index contributed by atoms with van der Waals surface area (Å²) in [6.07, 6.45) is 4.08. The summed E-state index contributed by atoms with van der Waals surface area (Å²) in [6.45, 7) is 7.20. The van der Waals surface area contributed by atoms with Crippen LogP contribution < -0.4 is 10.2 Å². The van der Waals surface area contributed by atoms with Gasteiger partial charge in [-0.2, -0.15) is 0 Å². The zero-order valence-corrected chi connectivity index (χ0v) is 16.5. The lowest BCUT2D eigenvalue weighted by molar-refractivity contribution is -0.913. The molecule has 1 aliphatic rings. The number of fused-ring (bicyclic) bond motifs is 1. The maximum absolute atomic E-state index is 12.5. The van der Waals surface area contributed by atoms with Crippen molar-refractivity contribution in [3.8, 4) is 0 Å². The van der Waals surface area contributed by atoms with Gasteiger partial charge in [0.05, 0.1) is 30.1 Å². The number of esters is 1.